The van der Waals surface area contributed by atoms with Crippen LogP contribution in [0.1, 0.15) is 12.0 Å². The van der Waals surface area contributed by atoms with Gasteiger partial charge in [-0.2, -0.15) is 0 Å². The predicted octanol–water partition coefficient (Wildman–Crippen LogP) is 0.833. The van der Waals surface area contributed by atoms with Gasteiger partial charge in [0.25, 0.3) is 0 Å². The molecule has 0 saturated carbocycles. The highest BCUT2D eigenvalue weighted by Gasteiger charge is 2.06. The van der Waals surface area contributed by atoms with Crippen LogP contribution in [0, 0.1) is 0 Å². The summed E-state index contributed by atoms with van der Waals surface area (Å²) in [5.41, 5.74) is 1.28. The smallest absolute Gasteiger partial charge is 0.230 e. The zero-order valence-corrected chi connectivity index (χ0v) is 11.8. The van der Waals surface area contributed by atoms with Crippen LogP contribution in [0.25, 0.3) is 0 Å². The number of nitrogens with zero attached hydrogens (tertiary/aromatic N) is 3. The van der Waals surface area contributed by atoms with E-state index in [0.29, 0.717) is 17.5 Å². The fourth-order valence-corrected chi connectivity index (χ4v) is 2.34. The normalized spacial score (nSPS) is 10.4. The molecule has 3 N–H and O–H groups in total. The number of rotatable bonds is 7. The van der Waals surface area contributed by atoms with E-state index in [1.54, 1.807) is 0 Å². The van der Waals surface area contributed by atoms with Crippen molar-refractivity contribution >= 4 is 17.7 Å². The molecule has 0 spiro atoms. The molecule has 0 unspecified atom stereocenters. The predicted molar refractivity (Wildman–Crippen MR) is 78.7 cm³/mol. The number of carbonyl (C=O) groups excluding carboxylic acids is 1. The summed E-state index contributed by atoms with van der Waals surface area (Å²) in [6.45, 7) is 0.670. The maximum atomic E-state index is 11.6. The molecule has 1 heterocycles. The summed E-state index contributed by atoms with van der Waals surface area (Å²) in [6.07, 6.45) is 3.29. The van der Waals surface area contributed by atoms with Crippen LogP contribution < -0.4 is 11.2 Å². The molecular weight excluding hydrogens is 274 g/mol. The van der Waals surface area contributed by atoms with Crippen molar-refractivity contribution in [2.24, 2.45) is 0 Å². The molecule has 0 aliphatic carbocycles. The fourth-order valence-electron chi connectivity index (χ4n) is 1.68. The topological polar surface area (TPSA) is 85.8 Å². The molecule has 2 rings (SSSR count). The SMILES string of the molecule is Nn1cnnc1SCC(=O)NCCCc1ccccc1. The number of aryl methyl sites for hydroxylation is 1. The van der Waals surface area contributed by atoms with Gasteiger partial charge in [0.1, 0.15) is 6.33 Å². The first kappa shape index (κ1) is 14.4. The standard InChI is InChI=1S/C13H17N5OS/c14-18-10-16-17-13(18)20-9-12(19)15-8-4-7-11-5-2-1-3-6-11/h1-3,5-6,10H,4,7-9,14H2,(H,15,19). The minimum atomic E-state index is -0.0222. The van der Waals surface area contributed by atoms with E-state index in [2.05, 4.69) is 27.6 Å². The first-order valence-corrected chi connectivity index (χ1v) is 7.33. The van der Waals surface area contributed by atoms with E-state index < -0.39 is 0 Å². The number of hydrogen-bond donors (Lipinski definition) is 2. The Morgan fingerprint density at radius 3 is 2.85 bits per heavy atom. The van der Waals surface area contributed by atoms with Crippen molar-refractivity contribution in [1.82, 2.24) is 20.2 Å². The van der Waals surface area contributed by atoms with Gasteiger partial charge in [-0.15, -0.1) is 10.2 Å². The van der Waals surface area contributed by atoms with E-state index in [-0.39, 0.29) is 5.91 Å². The van der Waals surface area contributed by atoms with Crippen molar-refractivity contribution in [3.63, 3.8) is 0 Å². The molecule has 6 nitrogen and oxygen atoms in total. The summed E-state index contributed by atoms with van der Waals surface area (Å²) < 4.78 is 1.30. The van der Waals surface area contributed by atoms with E-state index in [9.17, 15) is 4.79 Å². The van der Waals surface area contributed by atoms with Gasteiger partial charge in [0, 0.05) is 6.54 Å². The lowest BCUT2D eigenvalue weighted by Gasteiger charge is -2.05. The lowest BCUT2D eigenvalue weighted by molar-refractivity contribution is -0.118. The van der Waals surface area contributed by atoms with E-state index in [1.165, 1.54) is 28.3 Å². The van der Waals surface area contributed by atoms with Gasteiger partial charge in [-0.1, -0.05) is 42.1 Å². The van der Waals surface area contributed by atoms with Crippen LogP contribution in [-0.4, -0.2) is 33.1 Å². The van der Waals surface area contributed by atoms with Crippen LogP contribution in [0.2, 0.25) is 0 Å². The van der Waals surface area contributed by atoms with Crippen LogP contribution in [0.5, 0.6) is 0 Å². The second-order valence-electron chi connectivity index (χ2n) is 4.25. The molecule has 1 aromatic heterocycles. The third-order valence-electron chi connectivity index (χ3n) is 2.68. The highest BCUT2D eigenvalue weighted by Crippen LogP contribution is 2.11. The zero-order valence-electron chi connectivity index (χ0n) is 11.0. The first-order valence-electron chi connectivity index (χ1n) is 6.34. The number of amides is 1. The molecule has 0 saturated heterocycles. The number of aromatic nitrogens is 3. The highest BCUT2D eigenvalue weighted by atomic mass is 32.2. The van der Waals surface area contributed by atoms with Gasteiger partial charge >= 0.3 is 0 Å². The summed E-state index contributed by atoms with van der Waals surface area (Å²) in [4.78, 5) is 11.6. The number of thioether (sulfide) groups is 1. The molecule has 1 amide bonds. The van der Waals surface area contributed by atoms with Gasteiger partial charge in [0.15, 0.2) is 0 Å². The number of nitrogen functional groups attached to an aromatic ring is 1. The summed E-state index contributed by atoms with van der Waals surface area (Å²) in [5, 5.41) is 10.8. The van der Waals surface area contributed by atoms with Crippen molar-refractivity contribution < 1.29 is 4.79 Å². The zero-order chi connectivity index (χ0) is 14.2. The van der Waals surface area contributed by atoms with Gasteiger partial charge in [-0.25, -0.2) is 4.68 Å². The maximum absolute atomic E-state index is 11.6. The van der Waals surface area contributed by atoms with E-state index in [4.69, 9.17) is 5.84 Å². The molecule has 0 aliphatic heterocycles. The summed E-state index contributed by atoms with van der Waals surface area (Å²) in [6, 6.07) is 10.2. The molecule has 0 bridgehead atoms. The second-order valence-corrected chi connectivity index (χ2v) is 5.19. The second kappa shape index (κ2) is 7.54. The van der Waals surface area contributed by atoms with Crippen molar-refractivity contribution in [3.05, 3.63) is 42.2 Å². The molecule has 0 aliphatic rings. The van der Waals surface area contributed by atoms with Gasteiger partial charge < -0.3 is 11.2 Å². The third kappa shape index (κ3) is 4.58. The minimum Gasteiger partial charge on any atom is -0.355 e. The van der Waals surface area contributed by atoms with E-state index in [1.807, 2.05) is 18.2 Å². The van der Waals surface area contributed by atoms with Crippen molar-refractivity contribution in [3.8, 4) is 0 Å². The van der Waals surface area contributed by atoms with Crippen LogP contribution in [0.15, 0.2) is 41.8 Å². The molecule has 0 radical (unpaired) electrons. The Morgan fingerprint density at radius 2 is 2.15 bits per heavy atom. The third-order valence-corrected chi connectivity index (χ3v) is 3.64. The Labute approximate surface area is 121 Å². The molecule has 0 fully saturated rings. The summed E-state index contributed by atoms with van der Waals surface area (Å²) in [5.74, 6) is 5.82. The van der Waals surface area contributed by atoms with E-state index in [0.717, 1.165) is 12.8 Å². The van der Waals surface area contributed by atoms with Gasteiger partial charge in [-0.05, 0) is 18.4 Å². The van der Waals surface area contributed by atoms with Crippen LogP contribution in [0.4, 0.5) is 0 Å². The minimum absolute atomic E-state index is 0.0222. The Bertz CT molecular complexity index is 543. The van der Waals surface area contributed by atoms with Crippen LogP contribution >= 0.6 is 11.8 Å². The molecule has 106 valence electrons. The molecule has 7 heteroatoms. The van der Waals surface area contributed by atoms with Gasteiger partial charge in [0.2, 0.25) is 11.1 Å². The molecule has 2 aromatic rings. The van der Waals surface area contributed by atoms with E-state index >= 15 is 0 Å². The largest absolute Gasteiger partial charge is 0.355 e. The Hall–Kier alpha value is -2.02. The Kier molecular flexibility index (Phi) is 5.43. The monoisotopic (exact) mass is 291 g/mol. The maximum Gasteiger partial charge on any atom is 0.230 e. The number of benzene rings is 1. The summed E-state index contributed by atoms with van der Waals surface area (Å²) in [7, 11) is 0. The number of nitrogens with one attached hydrogen (secondary N) is 1. The molecule has 0 atom stereocenters. The Morgan fingerprint density at radius 1 is 1.35 bits per heavy atom. The van der Waals surface area contributed by atoms with Crippen molar-refractivity contribution in [2.45, 2.75) is 18.0 Å². The number of nitrogens with two attached hydrogens (primary N) is 1. The van der Waals surface area contributed by atoms with Crippen LogP contribution in [-0.2, 0) is 11.2 Å². The number of carbonyl (C=O) groups is 1. The summed E-state index contributed by atoms with van der Waals surface area (Å²) >= 11 is 1.27. The van der Waals surface area contributed by atoms with Crippen molar-refractivity contribution in [1.29, 1.82) is 0 Å². The number of hydrogen-bond acceptors (Lipinski definition) is 5. The average molecular weight is 291 g/mol. The first-order chi connectivity index (χ1) is 9.75. The van der Waals surface area contributed by atoms with Gasteiger partial charge in [0.05, 0.1) is 5.75 Å². The lowest BCUT2D eigenvalue weighted by atomic mass is 10.1. The van der Waals surface area contributed by atoms with Gasteiger partial charge in [-0.3, -0.25) is 4.79 Å². The molecule has 20 heavy (non-hydrogen) atoms. The lowest BCUT2D eigenvalue weighted by Crippen LogP contribution is -2.26. The average Bonchev–Trinajstić information content (AvgIpc) is 2.88. The Balaban J connectivity index is 1.60. The highest BCUT2D eigenvalue weighted by molar-refractivity contribution is 7.99. The fraction of sp³-hybridized carbons (Fsp3) is 0.308. The molecular formula is C13H17N5OS. The van der Waals surface area contributed by atoms with Crippen molar-refractivity contribution in [2.75, 3.05) is 18.1 Å². The van der Waals surface area contributed by atoms with Crippen LogP contribution in [0.3, 0.4) is 0 Å². The molecule has 1 aromatic carbocycles. The quantitative estimate of drug-likeness (QED) is 0.448.